The second-order valence-electron chi connectivity index (χ2n) is 13.0. The van der Waals surface area contributed by atoms with Crippen LogP contribution in [0.5, 0.6) is 0 Å². The highest BCUT2D eigenvalue weighted by atomic mass is 16.7. The molecule has 37 heavy (non-hydrogen) atoms. The third kappa shape index (κ3) is 3.60. The zero-order chi connectivity index (χ0) is 26.2. The summed E-state index contributed by atoms with van der Waals surface area (Å²) in [5.74, 6) is -0.701. The van der Waals surface area contributed by atoms with Crippen molar-refractivity contribution in [3.63, 3.8) is 0 Å². The molecule has 0 amide bonds. The molecule has 2 N–H and O–H groups in total. The maximum Gasteiger partial charge on any atom is 0.303 e. The monoisotopic (exact) mass is 512 g/mol. The Morgan fingerprint density at radius 3 is 2.59 bits per heavy atom. The van der Waals surface area contributed by atoms with Crippen LogP contribution in [0.4, 0.5) is 0 Å². The number of hydrogen-bond acceptors (Lipinski definition) is 6. The van der Waals surface area contributed by atoms with Crippen molar-refractivity contribution in [1.82, 2.24) is 0 Å². The van der Waals surface area contributed by atoms with E-state index in [2.05, 4.69) is 13.8 Å². The van der Waals surface area contributed by atoms with Gasteiger partial charge in [0, 0.05) is 29.1 Å². The molecular formula is C30H40O7. The number of rotatable bonds is 5. The van der Waals surface area contributed by atoms with Crippen LogP contribution in [0.15, 0.2) is 23.8 Å². The number of allylic oxidation sites excluding steroid dienone is 4. The van der Waals surface area contributed by atoms with Crippen molar-refractivity contribution in [3.8, 4) is 0 Å². The van der Waals surface area contributed by atoms with Gasteiger partial charge in [0.1, 0.15) is 0 Å². The van der Waals surface area contributed by atoms with Crippen molar-refractivity contribution < 1.29 is 34.1 Å². The summed E-state index contributed by atoms with van der Waals surface area (Å²) in [6, 6.07) is 0. The first-order valence-corrected chi connectivity index (χ1v) is 14.3. The summed E-state index contributed by atoms with van der Waals surface area (Å²) in [7, 11) is 0. The van der Waals surface area contributed by atoms with Gasteiger partial charge in [0.25, 0.3) is 0 Å². The van der Waals surface area contributed by atoms with E-state index in [1.165, 1.54) is 6.42 Å². The first kappa shape index (κ1) is 25.4. The van der Waals surface area contributed by atoms with Gasteiger partial charge in [-0.15, -0.1) is 0 Å². The molecule has 0 radical (unpaired) electrons. The molecule has 0 unspecified atom stereocenters. The number of ketones is 2. The summed E-state index contributed by atoms with van der Waals surface area (Å²) >= 11 is 0. The lowest BCUT2D eigenvalue weighted by Crippen LogP contribution is -2.63. The second kappa shape index (κ2) is 8.85. The standard InChI is InChI=1S/C30H40O7/c1-28-13-12-19(31)14-18(28)8-9-20-21-15-24-30(23(33)10-11-25(34)35,29(21,2)16-22(32)26(20)28)37-27(36-24)17-6-4-3-5-7-17/h12-14,17,20-22,24,26-27,32H,3-11,15-16H2,1-2H3,(H,34,35)/t20-,21-,22-,24-,26+,27+,28-,29-,30+/m0/s1. The molecule has 5 fully saturated rings. The molecule has 0 aromatic carbocycles. The molecule has 0 aromatic heterocycles. The fraction of sp³-hybridized carbons (Fsp3) is 0.767. The van der Waals surface area contributed by atoms with Gasteiger partial charge in [0.15, 0.2) is 23.5 Å². The highest BCUT2D eigenvalue weighted by molar-refractivity contribution is 6.01. The maximum absolute atomic E-state index is 14.0. The normalized spacial score (nSPS) is 47.0. The van der Waals surface area contributed by atoms with Crippen LogP contribution in [0.25, 0.3) is 0 Å². The quantitative estimate of drug-likeness (QED) is 0.563. The molecule has 1 saturated heterocycles. The fourth-order valence-electron chi connectivity index (χ4n) is 9.62. The molecule has 0 spiro atoms. The molecule has 1 aliphatic heterocycles. The average Bonchev–Trinajstić information content (AvgIpc) is 3.36. The van der Waals surface area contributed by atoms with Crippen LogP contribution in [0, 0.1) is 34.5 Å². The van der Waals surface area contributed by atoms with Crippen LogP contribution >= 0.6 is 0 Å². The summed E-state index contributed by atoms with van der Waals surface area (Å²) < 4.78 is 13.4. The predicted molar refractivity (Wildman–Crippen MR) is 134 cm³/mol. The molecular weight excluding hydrogens is 472 g/mol. The van der Waals surface area contributed by atoms with E-state index in [4.69, 9.17) is 9.47 Å². The second-order valence-corrected chi connectivity index (χ2v) is 13.0. The van der Waals surface area contributed by atoms with Gasteiger partial charge in [-0.1, -0.05) is 44.8 Å². The Kier molecular flexibility index (Phi) is 6.09. The van der Waals surface area contributed by atoms with E-state index in [1.54, 1.807) is 12.2 Å². The Labute approximate surface area is 218 Å². The number of aliphatic hydroxyl groups excluding tert-OH is 1. The van der Waals surface area contributed by atoms with Crippen LogP contribution < -0.4 is 0 Å². The number of carbonyl (C=O) groups is 3. The van der Waals surface area contributed by atoms with E-state index in [0.29, 0.717) is 12.8 Å². The number of aliphatic hydroxyl groups is 1. The average molecular weight is 513 g/mol. The van der Waals surface area contributed by atoms with E-state index >= 15 is 0 Å². The number of carboxylic acids is 1. The van der Waals surface area contributed by atoms with Crippen molar-refractivity contribution in [2.24, 2.45) is 34.5 Å². The summed E-state index contributed by atoms with van der Waals surface area (Å²) in [6.45, 7) is 4.23. The van der Waals surface area contributed by atoms with Crippen molar-refractivity contribution in [2.75, 3.05) is 0 Å². The minimum absolute atomic E-state index is 0.00926. The first-order chi connectivity index (χ1) is 17.6. The van der Waals surface area contributed by atoms with Crippen LogP contribution in [0.3, 0.4) is 0 Å². The molecule has 0 bridgehead atoms. The van der Waals surface area contributed by atoms with Crippen LogP contribution in [-0.2, 0) is 23.9 Å². The lowest BCUT2D eigenvalue weighted by molar-refractivity contribution is -0.208. The zero-order valence-electron chi connectivity index (χ0n) is 22.0. The third-order valence-electron chi connectivity index (χ3n) is 11.3. The van der Waals surface area contributed by atoms with Gasteiger partial charge < -0.3 is 19.7 Å². The molecule has 7 heteroatoms. The Bertz CT molecular complexity index is 1060. The highest BCUT2D eigenvalue weighted by Crippen LogP contribution is 2.70. The molecule has 202 valence electrons. The van der Waals surface area contributed by atoms with Gasteiger partial charge in [0.05, 0.1) is 18.6 Å². The lowest BCUT2D eigenvalue weighted by atomic mass is 9.46. The molecule has 1 heterocycles. The van der Waals surface area contributed by atoms with E-state index < -0.39 is 35.5 Å². The Morgan fingerprint density at radius 1 is 1.11 bits per heavy atom. The van der Waals surface area contributed by atoms with Crippen LogP contribution in [-0.4, -0.2) is 51.8 Å². The molecule has 7 nitrogen and oxygen atoms in total. The number of fused-ring (bicyclic) bond motifs is 7. The Balaban J connectivity index is 1.37. The molecule has 0 aromatic rings. The molecule has 9 atom stereocenters. The van der Waals surface area contributed by atoms with Gasteiger partial charge >= 0.3 is 5.97 Å². The Hall–Kier alpha value is -1.83. The van der Waals surface area contributed by atoms with E-state index in [0.717, 1.165) is 44.1 Å². The maximum atomic E-state index is 14.0. The van der Waals surface area contributed by atoms with Gasteiger partial charge in [-0.05, 0) is 62.5 Å². The SMILES string of the molecule is C[C@]12C=CC(=O)C=C1CC[C@@H]1[C@@H]2[C@@H](O)C[C@@]2(C)[C@H]1C[C@@H]1O[C@@H](C3CCCCC3)O[C@]12C(=O)CCC(=O)O. The van der Waals surface area contributed by atoms with Gasteiger partial charge in [-0.2, -0.15) is 0 Å². The largest absolute Gasteiger partial charge is 0.481 e. The fourth-order valence-corrected chi connectivity index (χ4v) is 9.62. The number of aliphatic carboxylic acids is 1. The minimum Gasteiger partial charge on any atom is -0.481 e. The Morgan fingerprint density at radius 2 is 1.86 bits per heavy atom. The van der Waals surface area contributed by atoms with Crippen LogP contribution in [0.2, 0.25) is 0 Å². The number of ether oxygens (including phenoxy) is 2. The number of carboxylic acid groups (broad SMARTS) is 1. The van der Waals surface area contributed by atoms with Crippen molar-refractivity contribution in [2.45, 2.75) is 109 Å². The number of Topliss-reactive ketones (excluding diaryl/α,β-unsaturated/α-hetero) is 1. The van der Waals surface area contributed by atoms with Crippen molar-refractivity contribution in [3.05, 3.63) is 23.8 Å². The minimum atomic E-state index is -1.23. The van der Waals surface area contributed by atoms with Gasteiger partial charge in [-0.25, -0.2) is 0 Å². The van der Waals surface area contributed by atoms with Crippen molar-refractivity contribution in [1.29, 1.82) is 0 Å². The molecule has 4 saturated carbocycles. The summed E-state index contributed by atoms with van der Waals surface area (Å²) in [6.07, 6.45) is 11.7. The first-order valence-electron chi connectivity index (χ1n) is 14.3. The van der Waals surface area contributed by atoms with Gasteiger partial charge in [-0.3, -0.25) is 14.4 Å². The summed E-state index contributed by atoms with van der Waals surface area (Å²) in [4.78, 5) is 37.6. The van der Waals surface area contributed by atoms with Gasteiger partial charge in [0.2, 0.25) is 0 Å². The molecule has 5 aliphatic carbocycles. The van der Waals surface area contributed by atoms with Crippen molar-refractivity contribution >= 4 is 17.5 Å². The highest BCUT2D eigenvalue weighted by Gasteiger charge is 2.76. The molecule has 6 rings (SSSR count). The topological polar surface area (TPSA) is 110 Å². The summed E-state index contributed by atoms with van der Waals surface area (Å²) in [5, 5.41) is 21.1. The number of hydrogen-bond donors (Lipinski definition) is 2. The molecule has 6 aliphatic rings. The zero-order valence-corrected chi connectivity index (χ0v) is 22.0. The smallest absolute Gasteiger partial charge is 0.303 e. The van der Waals surface area contributed by atoms with E-state index in [-0.39, 0.29) is 53.5 Å². The lowest BCUT2D eigenvalue weighted by Gasteiger charge is -2.59. The number of carbonyl (C=O) groups excluding carboxylic acids is 2. The summed E-state index contributed by atoms with van der Waals surface area (Å²) in [5.41, 5.74) is -1.17. The van der Waals surface area contributed by atoms with E-state index in [9.17, 15) is 24.6 Å². The predicted octanol–water partition coefficient (Wildman–Crippen LogP) is 4.37. The third-order valence-corrected chi connectivity index (χ3v) is 11.3. The van der Waals surface area contributed by atoms with E-state index in [1.807, 2.05) is 6.08 Å². The van der Waals surface area contributed by atoms with Crippen LogP contribution in [0.1, 0.15) is 84.5 Å².